The van der Waals surface area contributed by atoms with E-state index < -0.39 is 0 Å². The van der Waals surface area contributed by atoms with E-state index in [9.17, 15) is 9.59 Å². The molecule has 1 aliphatic carbocycles. The van der Waals surface area contributed by atoms with Crippen LogP contribution in [0, 0.1) is 13.8 Å². The molecule has 1 unspecified atom stereocenters. The van der Waals surface area contributed by atoms with Crippen molar-refractivity contribution in [3.05, 3.63) is 93.3 Å². The molecule has 3 amide bonds. The molecule has 5 rings (SSSR count). The fourth-order valence-corrected chi connectivity index (χ4v) is 5.99. The van der Waals surface area contributed by atoms with Crippen LogP contribution >= 0.6 is 11.6 Å². The molecule has 0 saturated carbocycles. The van der Waals surface area contributed by atoms with Crippen molar-refractivity contribution in [1.29, 1.82) is 0 Å². The Bertz CT molecular complexity index is 1350. The quantitative estimate of drug-likeness (QED) is 0.424. The summed E-state index contributed by atoms with van der Waals surface area (Å²) in [5, 5.41) is 6.61. The summed E-state index contributed by atoms with van der Waals surface area (Å²) in [5.74, 6) is 0.0284. The Morgan fingerprint density at radius 3 is 2.46 bits per heavy atom. The lowest BCUT2D eigenvalue weighted by atomic mass is 10.00. The predicted molar refractivity (Wildman–Crippen MR) is 155 cm³/mol. The fourth-order valence-electron chi connectivity index (χ4n) is 5.79. The van der Waals surface area contributed by atoms with E-state index in [0.29, 0.717) is 17.1 Å². The molecular formula is C31H36ClN5O2. The van der Waals surface area contributed by atoms with Crippen LogP contribution in [-0.2, 0) is 13.0 Å². The lowest BCUT2D eigenvalue weighted by molar-refractivity contribution is 0.0709. The summed E-state index contributed by atoms with van der Waals surface area (Å²) in [6.07, 6.45) is 3.53. The van der Waals surface area contributed by atoms with E-state index in [4.69, 9.17) is 11.6 Å². The first-order valence-electron chi connectivity index (χ1n) is 13.7. The molecule has 0 bridgehead atoms. The van der Waals surface area contributed by atoms with Gasteiger partial charge in [-0.05, 0) is 86.6 Å². The molecule has 1 atom stereocenters. The van der Waals surface area contributed by atoms with Crippen molar-refractivity contribution in [2.24, 2.45) is 0 Å². The van der Waals surface area contributed by atoms with Crippen LogP contribution in [0.25, 0.3) is 0 Å². The van der Waals surface area contributed by atoms with Crippen molar-refractivity contribution in [3.63, 3.8) is 0 Å². The summed E-state index contributed by atoms with van der Waals surface area (Å²) in [7, 11) is 1.91. The number of benzene rings is 2. The highest BCUT2D eigenvalue weighted by Crippen LogP contribution is 2.32. The lowest BCUT2D eigenvalue weighted by Gasteiger charge is -2.38. The number of carbonyl (C=O) groups excluding carboxylic acids is 2. The minimum atomic E-state index is -0.243. The Morgan fingerprint density at radius 1 is 1.03 bits per heavy atom. The van der Waals surface area contributed by atoms with Crippen molar-refractivity contribution < 1.29 is 9.59 Å². The molecule has 2 heterocycles. The smallest absolute Gasteiger partial charge is 0.315 e. The Morgan fingerprint density at radius 2 is 1.74 bits per heavy atom. The average Bonchev–Trinajstić information content (AvgIpc) is 3.33. The summed E-state index contributed by atoms with van der Waals surface area (Å²) in [6.45, 7) is 6.22. The van der Waals surface area contributed by atoms with Gasteiger partial charge in [0, 0.05) is 60.4 Å². The predicted octanol–water partition coefficient (Wildman–Crippen LogP) is 5.58. The standard InChI is InChI=1S/C31H36ClN5O2/c1-20-16-26(17-21(2)34-20)37-14-12-25(13-15-37)36(3)30(38)23-9-8-22-10-11-29(27(22)18-23)35-31(39)33-19-24-6-4-5-7-28(24)32/h4-9,16-18,25,29H,10-15,19H2,1-3H3,(H2,33,35,39). The molecule has 2 N–H and O–H groups in total. The highest BCUT2D eigenvalue weighted by atomic mass is 35.5. The van der Waals surface area contributed by atoms with Gasteiger partial charge >= 0.3 is 6.03 Å². The number of carbonyl (C=O) groups is 2. The first-order valence-corrected chi connectivity index (χ1v) is 14.0. The van der Waals surface area contributed by atoms with Gasteiger partial charge in [-0.1, -0.05) is 35.9 Å². The molecule has 8 heteroatoms. The number of nitrogens with one attached hydrogen (secondary N) is 2. The number of aromatic nitrogens is 1. The second-order valence-electron chi connectivity index (χ2n) is 10.7. The van der Waals surface area contributed by atoms with E-state index in [0.717, 1.165) is 61.3 Å². The van der Waals surface area contributed by atoms with Crippen LogP contribution in [0.5, 0.6) is 0 Å². The zero-order valence-corrected chi connectivity index (χ0v) is 23.6. The normalized spacial score (nSPS) is 17.0. The second-order valence-corrected chi connectivity index (χ2v) is 11.1. The average molecular weight is 546 g/mol. The van der Waals surface area contributed by atoms with Crippen LogP contribution in [-0.4, -0.2) is 48.0 Å². The molecule has 0 radical (unpaired) electrons. The van der Waals surface area contributed by atoms with Crippen LogP contribution in [0.2, 0.25) is 5.02 Å². The largest absolute Gasteiger partial charge is 0.371 e. The van der Waals surface area contributed by atoms with Gasteiger partial charge in [-0.15, -0.1) is 0 Å². The Kier molecular flexibility index (Phi) is 8.07. The van der Waals surface area contributed by atoms with Gasteiger partial charge in [0.1, 0.15) is 0 Å². The van der Waals surface area contributed by atoms with Crippen molar-refractivity contribution >= 4 is 29.2 Å². The number of nitrogens with zero attached hydrogens (tertiary/aromatic N) is 3. The van der Waals surface area contributed by atoms with Gasteiger partial charge in [-0.2, -0.15) is 0 Å². The number of aryl methyl sites for hydroxylation is 3. The number of pyridine rings is 1. The molecule has 3 aromatic rings. The maximum absolute atomic E-state index is 13.5. The van der Waals surface area contributed by atoms with E-state index in [1.165, 1.54) is 11.3 Å². The third-order valence-electron chi connectivity index (χ3n) is 7.94. The van der Waals surface area contributed by atoms with Crippen LogP contribution in [0.3, 0.4) is 0 Å². The minimum Gasteiger partial charge on any atom is -0.371 e. The molecular weight excluding hydrogens is 510 g/mol. The van der Waals surface area contributed by atoms with E-state index in [2.05, 4.69) is 32.7 Å². The van der Waals surface area contributed by atoms with Crippen LogP contribution in [0.4, 0.5) is 10.5 Å². The number of hydrogen-bond donors (Lipinski definition) is 2. The number of anilines is 1. The topological polar surface area (TPSA) is 77.6 Å². The Labute approximate surface area is 235 Å². The van der Waals surface area contributed by atoms with Gasteiger partial charge < -0.3 is 20.4 Å². The number of piperidine rings is 1. The first kappa shape index (κ1) is 27.0. The zero-order chi connectivity index (χ0) is 27.5. The van der Waals surface area contributed by atoms with Gasteiger partial charge in [0.15, 0.2) is 0 Å². The van der Waals surface area contributed by atoms with E-state index in [1.807, 2.05) is 68.3 Å². The van der Waals surface area contributed by atoms with E-state index in [1.54, 1.807) is 0 Å². The van der Waals surface area contributed by atoms with Gasteiger partial charge in [0.2, 0.25) is 0 Å². The Balaban J connectivity index is 1.19. The van der Waals surface area contributed by atoms with Crippen molar-refractivity contribution in [2.45, 2.75) is 58.2 Å². The van der Waals surface area contributed by atoms with Gasteiger partial charge in [0.05, 0.1) is 6.04 Å². The van der Waals surface area contributed by atoms with Crippen LogP contribution < -0.4 is 15.5 Å². The zero-order valence-electron chi connectivity index (χ0n) is 22.8. The van der Waals surface area contributed by atoms with Crippen LogP contribution in [0.15, 0.2) is 54.6 Å². The number of fused-ring (bicyclic) bond motifs is 1. The summed E-state index contributed by atoms with van der Waals surface area (Å²) in [4.78, 5) is 34.9. The molecule has 204 valence electrons. The third kappa shape index (κ3) is 6.19. The molecule has 1 fully saturated rings. The monoisotopic (exact) mass is 545 g/mol. The molecule has 0 spiro atoms. The van der Waals surface area contributed by atoms with Gasteiger partial charge in [0.25, 0.3) is 5.91 Å². The Hall–Kier alpha value is -3.58. The molecule has 1 aliphatic heterocycles. The molecule has 1 aromatic heterocycles. The minimum absolute atomic E-state index is 0.0284. The lowest BCUT2D eigenvalue weighted by Crippen LogP contribution is -2.45. The maximum atomic E-state index is 13.5. The second kappa shape index (κ2) is 11.7. The third-order valence-corrected chi connectivity index (χ3v) is 8.31. The molecule has 39 heavy (non-hydrogen) atoms. The summed E-state index contributed by atoms with van der Waals surface area (Å²) in [6, 6.07) is 17.5. The molecule has 7 nitrogen and oxygen atoms in total. The van der Waals surface area contributed by atoms with Gasteiger partial charge in [-0.3, -0.25) is 9.78 Å². The molecule has 2 aliphatic rings. The molecule has 2 aromatic carbocycles. The first-order chi connectivity index (χ1) is 18.8. The molecule has 1 saturated heterocycles. The highest BCUT2D eigenvalue weighted by Gasteiger charge is 2.29. The number of hydrogen-bond acceptors (Lipinski definition) is 4. The van der Waals surface area contributed by atoms with Crippen LogP contribution in [0.1, 0.15) is 63.7 Å². The summed E-state index contributed by atoms with van der Waals surface area (Å²) in [5.41, 5.74) is 7.02. The summed E-state index contributed by atoms with van der Waals surface area (Å²) >= 11 is 6.21. The highest BCUT2D eigenvalue weighted by molar-refractivity contribution is 6.31. The number of urea groups is 1. The number of rotatable bonds is 6. The van der Waals surface area contributed by atoms with Gasteiger partial charge in [-0.25, -0.2) is 4.79 Å². The SMILES string of the molecule is Cc1cc(N2CCC(N(C)C(=O)c3ccc4c(c3)C(NC(=O)NCc3ccccc3Cl)CC4)CC2)cc(C)n1. The number of halogens is 1. The fraction of sp³-hybridized carbons (Fsp3) is 0.387. The van der Waals surface area contributed by atoms with Crippen molar-refractivity contribution in [1.82, 2.24) is 20.5 Å². The summed E-state index contributed by atoms with van der Waals surface area (Å²) < 4.78 is 0. The van der Waals surface area contributed by atoms with E-state index >= 15 is 0 Å². The van der Waals surface area contributed by atoms with Crippen molar-refractivity contribution in [2.75, 3.05) is 25.0 Å². The van der Waals surface area contributed by atoms with Crippen molar-refractivity contribution in [3.8, 4) is 0 Å². The van der Waals surface area contributed by atoms with E-state index in [-0.39, 0.29) is 24.0 Å². The number of amides is 3. The maximum Gasteiger partial charge on any atom is 0.315 e.